The lowest BCUT2D eigenvalue weighted by Crippen LogP contribution is -2.21. The van der Waals surface area contributed by atoms with E-state index in [9.17, 15) is 4.79 Å². The molecule has 0 unspecified atom stereocenters. The van der Waals surface area contributed by atoms with Crippen LogP contribution in [0, 0.1) is 0 Å². The van der Waals surface area contributed by atoms with E-state index in [4.69, 9.17) is 0 Å². The van der Waals surface area contributed by atoms with Gasteiger partial charge < -0.3 is 0 Å². The van der Waals surface area contributed by atoms with Crippen LogP contribution in [0.4, 0.5) is 0 Å². The van der Waals surface area contributed by atoms with Gasteiger partial charge in [-0.15, -0.1) is 0 Å². The number of hydrazone groups is 1. The van der Waals surface area contributed by atoms with Crippen molar-refractivity contribution in [2.45, 2.75) is 51.4 Å². The fraction of sp³-hybridized carbons (Fsp3) is 0.500. The summed E-state index contributed by atoms with van der Waals surface area (Å²) in [6, 6.07) is 9.77. The van der Waals surface area contributed by atoms with Crippen molar-refractivity contribution in [2.24, 2.45) is 5.10 Å². The van der Waals surface area contributed by atoms with Gasteiger partial charge in [0.15, 0.2) is 0 Å². The van der Waals surface area contributed by atoms with Gasteiger partial charge in [0.2, 0.25) is 5.91 Å². The summed E-state index contributed by atoms with van der Waals surface area (Å²) in [6.45, 7) is 0. The molecule has 1 aromatic carbocycles. The third kappa shape index (κ3) is 5.25. The predicted molar refractivity (Wildman–Crippen MR) is 78.0 cm³/mol. The van der Waals surface area contributed by atoms with Crippen molar-refractivity contribution in [3.8, 4) is 0 Å². The lowest BCUT2D eigenvalue weighted by molar-refractivity contribution is -0.120. The fourth-order valence-electron chi connectivity index (χ4n) is 2.39. The lowest BCUT2D eigenvalue weighted by Gasteiger charge is -2.10. The molecule has 1 N–H and O–H groups in total. The first-order chi connectivity index (χ1) is 9.34. The Bertz CT molecular complexity index is 416. The predicted octanol–water partition coefficient (Wildman–Crippen LogP) is 3.45. The van der Waals surface area contributed by atoms with Crippen molar-refractivity contribution in [1.82, 2.24) is 5.43 Å². The van der Waals surface area contributed by atoms with Crippen molar-refractivity contribution >= 4 is 11.6 Å². The van der Waals surface area contributed by atoms with E-state index >= 15 is 0 Å². The Morgan fingerprint density at radius 3 is 2.32 bits per heavy atom. The molecule has 0 aromatic heterocycles. The van der Waals surface area contributed by atoms with Crippen LogP contribution < -0.4 is 5.43 Å². The Morgan fingerprint density at radius 1 is 1.00 bits per heavy atom. The van der Waals surface area contributed by atoms with Crippen molar-refractivity contribution in [2.75, 3.05) is 0 Å². The van der Waals surface area contributed by atoms with E-state index in [-0.39, 0.29) is 5.91 Å². The highest BCUT2D eigenvalue weighted by molar-refractivity contribution is 5.86. The number of carbonyl (C=O) groups excluding carboxylic acids is 1. The quantitative estimate of drug-likeness (QED) is 0.829. The van der Waals surface area contributed by atoms with E-state index < -0.39 is 0 Å². The van der Waals surface area contributed by atoms with E-state index in [1.54, 1.807) is 0 Å². The lowest BCUT2D eigenvalue weighted by atomic mass is 9.99. The maximum absolute atomic E-state index is 11.8. The SMILES string of the molecule is O=C(Cc1ccccc1)NN=C1CCCCCCC1. The number of benzene rings is 1. The summed E-state index contributed by atoms with van der Waals surface area (Å²) in [5.74, 6) is -0.0271. The molecule has 1 aliphatic rings. The minimum Gasteiger partial charge on any atom is -0.273 e. The molecule has 0 spiro atoms. The van der Waals surface area contributed by atoms with Gasteiger partial charge in [-0.25, -0.2) is 5.43 Å². The zero-order valence-electron chi connectivity index (χ0n) is 11.4. The summed E-state index contributed by atoms with van der Waals surface area (Å²) in [4.78, 5) is 11.8. The monoisotopic (exact) mass is 258 g/mol. The molecule has 0 bridgehead atoms. The van der Waals surface area contributed by atoms with Crippen LogP contribution in [0.15, 0.2) is 35.4 Å². The number of hydrogen-bond acceptors (Lipinski definition) is 2. The Labute approximate surface area is 115 Å². The van der Waals surface area contributed by atoms with Crippen molar-refractivity contribution < 1.29 is 4.79 Å². The highest BCUT2D eigenvalue weighted by Crippen LogP contribution is 2.14. The van der Waals surface area contributed by atoms with E-state index in [1.165, 1.54) is 32.1 Å². The van der Waals surface area contributed by atoms with Gasteiger partial charge in [0.25, 0.3) is 0 Å². The molecule has 0 saturated heterocycles. The summed E-state index contributed by atoms with van der Waals surface area (Å²) in [5, 5.41) is 4.30. The Hall–Kier alpha value is -1.64. The van der Waals surface area contributed by atoms with Crippen LogP contribution >= 0.6 is 0 Å². The molecule has 1 saturated carbocycles. The molecule has 1 aliphatic carbocycles. The second-order valence-electron chi connectivity index (χ2n) is 5.14. The number of carbonyl (C=O) groups is 1. The van der Waals surface area contributed by atoms with Gasteiger partial charge in [-0.05, 0) is 31.2 Å². The topological polar surface area (TPSA) is 41.5 Å². The fourth-order valence-corrected chi connectivity index (χ4v) is 2.39. The zero-order valence-corrected chi connectivity index (χ0v) is 11.4. The van der Waals surface area contributed by atoms with Crippen LogP contribution in [0.3, 0.4) is 0 Å². The van der Waals surface area contributed by atoms with Crippen LogP contribution in [0.2, 0.25) is 0 Å². The van der Waals surface area contributed by atoms with Gasteiger partial charge in [0, 0.05) is 5.71 Å². The van der Waals surface area contributed by atoms with Crippen molar-refractivity contribution in [3.05, 3.63) is 35.9 Å². The molecule has 0 radical (unpaired) electrons. The Kier molecular flexibility index (Phi) is 5.60. The van der Waals surface area contributed by atoms with Crippen LogP contribution in [0.1, 0.15) is 50.5 Å². The summed E-state index contributed by atoms with van der Waals surface area (Å²) < 4.78 is 0. The normalized spacial score (nSPS) is 16.3. The van der Waals surface area contributed by atoms with Crippen molar-refractivity contribution in [3.63, 3.8) is 0 Å². The average Bonchev–Trinajstić information content (AvgIpc) is 2.38. The Balaban J connectivity index is 1.81. The summed E-state index contributed by atoms with van der Waals surface area (Å²) in [5.41, 5.74) is 4.88. The van der Waals surface area contributed by atoms with Crippen molar-refractivity contribution in [1.29, 1.82) is 0 Å². The molecular formula is C16H22N2O. The van der Waals surface area contributed by atoms with Gasteiger partial charge in [-0.3, -0.25) is 4.79 Å². The smallest absolute Gasteiger partial charge is 0.244 e. The molecule has 0 atom stereocenters. The number of amides is 1. The largest absolute Gasteiger partial charge is 0.273 e. The van der Waals surface area contributed by atoms with Gasteiger partial charge >= 0.3 is 0 Å². The molecule has 3 heteroatoms. The highest BCUT2D eigenvalue weighted by Gasteiger charge is 2.06. The molecule has 1 aromatic rings. The van der Waals surface area contributed by atoms with Crippen LogP contribution in [-0.4, -0.2) is 11.6 Å². The molecule has 0 aliphatic heterocycles. The molecule has 0 heterocycles. The summed E-state index contributed by atoms with van der Waals surface area (Å²) >= 11 is 0. The molecule has 3 nitrogen and oxygen atoms in total. The van der Waals surface area contributed by atoms with E-state index in [0.29, 0.717) is 6.42 Å². The molecule has 2 rings (SSSR count). The third-order valence-electron chi connectivity index (χ3n) is 3.48. The van der Waals surface area contributed by atoms with Gasteiger partial charge in [0.05, 0.1) is 6.42 Å². The molecule has 19 heavy (non-hydrogen) atoms. The number of rotatable bonds is 3. The van der Waals surface area contributed by atoms with E-state index in [2.05, 4.69) is 10.5 Å². The summed E-state index contributed by atoms with van der Waals surface area (Å²) in [7, 11) is 0. The first-order valence-electron chi connectivity index (χ1n) is 7.23. The standard InChI is InChI=1S/C16H22N2O/c19-16(13-14-9-5-4-6-10-14)18-17-15-11-7-2-1-3-8-12-15/h4-6,9-10H,1-3,7-8,11-13H2,(H,18,19). The number of nitrogens with one attached hydrogen (secondary N) is 1. The first kappa shape index (κ1) is 13.8. The van der Waals surface area contributed by atoms with Crippen LogP contribution in [-0.2, 0) is 11.2 Å². The van der Waals surface area contributed by atoms with E-state index in [1.807, 2.05) is 30.3 Å². The summed E-state index contributed by atoms with van der Waals surface area (Å²) in [6.07, 6.45) is 8.79. The third-order valence-corrected chi connectivity index (χ3v) is 3.48. The highest BCUT2D eigenvalue weighted by atomic mass is 16.2. The Morgan fingerprint density at radius 2 is 1.63 bits per heavy atom. The molecular weight excluding hydrogens is 236 g/mol. The maximum atomic E-state index is 11.8. The molecule has 1 fully saturated rings. The maximum Gasteiger partial charge on any atom is 0.244 e. The van der Waals surface area contributed by atoms with Gasteiger partial charge in [-0.2, -0.15) is 5.10 Å². The molecule has 102 valence electrons. The number of hydrogen-bond donors (Lipinski definition) is 1. The minimum atomic E-state index is -0.0271. The zero-order chi connectivity index (χ0) is 13.3. The van der Waals surface area contributed by atoms with Crippen LogP contribution in [0.25, 0.3) is 0 Å². The minimum absolute atomic E-state index is 0.0271. The van der Waals surface area contributed by atoms with Gasteiger partial charge in [0.1, 0.15) is 0 Å². The first-order valence-corrected chi connectivity index (χ1v) is 7.23. The average molecular weight is 258 g/mol. The van der Waals surface area contributed by atoms with Gasteiger partial charge in [-0.1, -0.05) is 49.6 Å². The molecule has 1 amide bonds. The van der Waals surface area contributed by atoms with E-state index in [0.717, 1.165) is 24.1 Å². The second kappa shape index (κ2) is 7.72. The van der Waals surface area contributed by atoms with Crippen LogP contribution in [0.5, 0.6) is 0 Å². The number of nitrogens with zero attached hydrogens (tertiary/aromatic N) is 1. The second-order valence-corrected chi connectivity index (χ2v) is 5.14.